The predicted octanol–water partition coefficient (Wildman–Crippen LogP) is 6.78. The van der Waals surface area contributed by atoms with Crippen molar-refractivity contribution in [1.82, 2.24) is 4.98 Å². The van der Waals surface area contributed by atoms with Gasteiger partial charge in [-0.15, -0.1) is 0 Å². The van der Waals surface area contributed by atoms with Crippen molar-refractivity contribution < 1.29 is 22.6 Å². The summed E-state index contributed by atoms with van der Waals surface area (Å²) < 4.78 is 50.5. The molecule has 3 rings (SSSR count). The highest BCUT2D eigenvalue weighted by Crippen LogP contribution is 2.37. The summed E-state index contributed by atoms with van der Waals surface area (Å²) in [6.07, 6.45) is -2.25. The van der Waals surface area contributed by atoms with Gasteiger partial charge in [0.1, 0.15) is 12.4 Å². The number of benzene rings is 2. The fraction of sp³-hybridized carbons (Fsp3) is 0.182. The van der Waals surface area contributed by atoms with Gasteiger partial charge in [-0.05, 0) is 77.0 Å². The van der Waals surface area contributed by atoms with Gasteiger partial charge in [0.25, 0.3) is 0 Å². The van der Waals surface area contributed by atoms with Crippen LogP contribution < -0.4 is 14.9 Å². The van der Waals surface area contributed by atoms with Crippen molar-refractivity contribution in [3.63, 3.8) is 0 Å². The van der Waals surface area contributed by atoms with E-state index in [0.29, 0.717) is 35.3 Å². The number of nitrogens with one attached hydrogen (secondary N) is 1. The third kappa shape index (κ3) is 6.73. The highest BCUT2D eigenvalue weighted by atomic mass is 127. The molecule has 0 aliphatic rings. The van der Waals surface area contributed by atoms with E-state index in [1.807, 2.05) is 31.2 Å². The fourth-order valence-corrected chi connectivity index (χ4v) is 3.24. The van der Waals surface area contributed by atoms with E-state index in [2.05, 4.69) is 38.1 Å². The molecule has 0 saturated heterocycles. The van der Waals surface area contributed by atoms with Gasteiger partial charge in [0.2, 0.25) is 0 Å². The Bertz CT molecular complexity index is 1080. The van der Waals surface area contributed by atoms with Gasteiger partial charge in [0.05, 0.1) is 23.4 Å². The highest BCUT2D eigenvalue weighted by Gasteiger charge is 2.30. The number of anilines is 1. The maximum Gasteiger partial charge on any atom is 0.417 e. The Morgan fingerprint density at radius 2 is 1.88 bits per heavy atom. The van der Waals surface area contributed by atoms with Crippen LogP contribution in [0.25, 0.3) is 0 Å². The number of rotatable bonds is 8. The second-order valence-electron chi connectivity index (χ2n) is 6.48. The Hall–Kier alpha value is -2.53. The number of halogens is 5. The normalized spacial score (nSPS) is 11.6. The molecule has 0 fully saturated rings. The number of hydrogen-bond donors (Lipinski definition) is 1. The first-order valence-electron chi connectivity index (χ1n) is 9.42. The number of nitrogens with zero attached hydrogens (tertiary/aromatic N) is 2. The number of hydrazone groups is 1. The molecule has 0 amide bonds. The molecule has 0 aliphatic heterocycles. The zero-order chi connectivity index (χ0) is 23.1. The number of pyridine rings is 1. The van der Waals surface area contributed by atoms with Gasteiger partial charge in [-0.1, -0.05) is 23.7 Å². The maximum absolute atomic E-state index is 12.6. The molecule has 2 aromatic carbocycles. The maximum atomic E-state index is 12.6. The van der Waals surface area contributed by atoms with E-state index < -0.39 is 11.7 Å². The van der Waals surface area contributed by atoms with Crippen LogP contribution in [0.1, 0.15) is 23.6 Å². The topological polar surface area (TPSA) is 55.7 Å². The van der Waals surface area contributed by atoms with Crippen LogP contribution in [-0.4, -0.2) is 17.8 Å². The lowest BCUT2D eigenvalue weighted by atomic mass is 10.2. The van der Waals surface area contributed by atoms with Crippen LogP contribution in [0.2, 0.25) is 5.02 Å². The van der Waals surface area contributed by atoms with Crippen LogP contribution in [0.3, 0.4) is 0 Å². The SMILES string of the molecule is CCOc1cc(/C=N\Nc2ccc(C(F)(F)F)cn2)cc(Cl)c1OCc1ccc(I)cc1. The highest BCUT2D eigenvalue weighted by molar-refractivity contribution is 14.1. The summed E-state index contributed by atoms with van der Waals surface area (Å²) in [4.78, 5) is 3.70. The van der Waals surface area contributed by atoms with Crippen LogP contribution in [0.4, 0.5) is 19.0 Å². The van der Waals surface area contributed by atoms with Crippen molar-refractivity contribution in [2.75, 3.05) is 12.0 Å². The Morgan fingerprint density at radius 1 is 1.12 bits per heavy atom. The lowest BCUT2D eigenvalue weighted by Crippen LogP contribution is -2.05. The van der Waals surface area contributed by atoms with Gasteiger partial charge in [0, 0.05) is 9.77 Å². The molecule has 0 unspecified atom stereocenters. The Morgan fingerprint density at radius 3 is 2.50 bits per heavy atom. The van der Waals surface area contributed by atoms with E-state index in [1.165, 1.54) is 12.3 Å². The summed E-state index contributed by atoms with van der Waals surface area (Å²) in [5.41, 5.74) is 3.35. The molecule has 168 valence electrons. The van der Waals surface area contributed by atoms with Crippen LogP contribution in [0, 0.1) is 3.57 Å². The zero-order valence-corrected chi connectivity index (χ0v) is 19.7. The molecular formula is C22H18ClF3IN3O2. The first-order chi connectivity index (χ1) is 15.3. The second-order valence-corrected chi connectivity index (χ2v) is 8.13. The molecule has 10 heteroatoms. The predicted molar refractivity (Wildman–Crippen MR) is 127 cm³/mol. The van der Waals surface area contributed by atoms with Crippen LogP contribution in [0.5, 0.6) is 11.5 Å². The number of ether oxygens (including phenoxy) is 2. The lowest BCUT2D eigenvalue weighted by molar-refractivity contribution is -0.137. The quantitative estimate of drug-likeness (QED) is 0.183. The first kappa shape index (κ1) is 24.1. The first-order valence-corrected chi connectivity index (χ1v) is 10.9. The molecule has 0 saturated carbocycles. The molecule has 1 aromatic heterocycles. The monoisotopic (exact) mass is 575 g/mol. The fourth-order valence-electron chi connectivity index (χ4n) is 2.60. The third-order valence-electron chi connectivity index (χ3n) is 4.11. The Labute approximate surface area is 201 Å². The molecule has 0 bridgehead atoms. The van der Waals surface area contributed by atoms with Crippen molar-refractivity contribution >= 4 is 46.2 Å². The zero-order valence-electron chi connectivity index (χ0n) is 16.8. The molecular weight excluding hydrogens is 558 g/mol. The summed E-state index contributed by atoms with van der Waals surface area (Å²) in [6.45, 7) is 2.57. The minimum Gasteiger partial charge on any atom is -0.490 e. The van der Waals surface area contributed by atoms with Gasteiger partial charge in [0.15, 0.2) is 11.5 Å². The largest absolute Gasteiger partial charge is 0.490 e. The van der Waals surface area contributed by atoms with E-state index in [0.717, 1.165) is 21.4 Å². The molecule has 0 radical (unpaired) electrons. The minimum absolute atomic E-state index is 0.169. The third-order valence-corrected chi connectivity index (χ3v) is 5.11. The van der Waals surface area contributed by atoms with E-state index in [4.69, 9.17) is 21.1 Å². The van der Waals surface area contributed by atoms with Gasteiger partial charge >= 0.3 is 6.18 Å². The molecule has 1 N–H and O–H groups in total. The summed E-state index contributed by atoms with van der Waals surface area (Å²) in [5.74, 6) is 1.05. The summed E-state index contributed by atoms with van der Waals surface area (Å²) >= 11 is 8.64. The van der Waals surface area contributed by atoms with E-state index in [9.17, 15) is 13.2 Å². The molecule has 0 aliphatic carbocycles. The summed E-state index contributed by atoms with van der Waals surface area (Å²) in [7, 11) is 0. The van der Waals surface area contributed by atoms with Crippen molar-refractivity contribution in [3.8, 4) is 11.5 Å². The Kier molecular flexibility index (Phi) is 8.19. The van der Waals surface area contributed by atoms with E-state index in [-0.39, 0.29) is 5.82 Å². The van der Waals surface area contributed by atoms with Gasteiger partial charge in [-0.2, -0.15) is 18.3 Å². The average molecular weight is 576 g/mol. The van der Waals surface area contributed by atoms with Crippen molar-refractivity contribution in [2.24, 2.45) is 5.10 Å². The van der Waals surface area contributed by atoms with Crippen molar-refractivity contribution in [2.45, 2.75) is 19.7 Å². The van der Waals surface area contributed by atoms with Crippen LogP contribution >= 0.6 is 34.2 Å². The average Bonchev–Trinajstić information content (AvgIpc) is 2.74. The number of hydrogen-bond acceptors (Lipinski definition) is 5. The van der Waals surface area contributed by atoms with Crippen molar-refractivity contribution in [3.05, 3.63) is 80.0 Å². The van der Waals surface area contributed by atoms with Gasteiger partial charge in [-0.3, -0.25) is 5.43 Å². The van der Waals surface area contributed by atoms with Crippen molar-refractivity contribution in [1.29, 1.82) is 0 Å². The second kappa shape index (κ2) is 10.9. The number of alkyl halides is 3. The Balaban J connectivity index is 1.71. The minimum atomic E-state index is -4.44. The molecule has 3 aromatic rings. The van der Waals surface area contributed by atoms with Gasteiger partial charge in [-0.25, -0.2) is 4.98 Å². The van der Waals surface area contributed by atoms with E-state index in [1.54, 1.807) is 12.1 Å². The summed E-state index contributed by atoms with van der Waals surface area (Å²) in [5, 5.41) is 4.35. The molecule has 32 heavy (non-hydrogen) atoms. The molecule has 5 nitrogen and oxygen atoms in total. The molecule has 1 heterocycles. The molecule has 0 atom stereocenters. The summed E-state index contributed by atoms with van der Waals surface area (Å²) in [6, 6.07) is 13.4. The lowest BCUT2D eigenvalue weighted by Gasteiger charge is -2.14. The van der Waals surface area contributed by atoms with E-state index >= 15 is 0 Å². The number of aromatic nitrogens is 1. The van der Waals surface area contributed by atoms with Crippen LogP contribution in [-0.2, 0) is 12.8 Å². The standard InChI is InChI=1S/C22H18ClF3IN3O2/c1-2-31-19-10-15(11-29-30-20-8-5-16(12-28-20)22(24,25)26)9-18(23)21(19)32-13-14-3-6-17(27)7-4-14/h3-12H,2,13H2,1H3,(H,28,30)/b29-11-. The van der Waals surface area contributed by atoms with Crippen LogP contribution in [0.15, 0.2) is 59.8 Å². The van der Waals surface area contributed by atoms with Gasteiger partial charge < -0.3 is 9.47 Å². The molecule has 0 spiro atoms. The smallest absolute Gasteiger partial charge is 0.417 e.